The summed E-state index contributed by atoms with van der Waals surface area (Å²) in [6, 6.07) is 115. The van der Waals surface area contributed by atoms with Gasteiger partial charge in [-0.15, -0.1) is 0 Å². The summed E-state index contributed by atoms with van der Waals surface area (Å²) in [6.45, 7) is 4.73. The van der Waals surface area contributed by atoms with Gasteiger partial charge in [0.2, 0.25) is 0 Å². The maximum Gasteiger partial charge on any atom is 0.139 e. The molecule has 0 N–H and O–H groups in total. The molecule has 0 amide bonds. The van der Waals surface area contributed by atoms with E-state index in [9.17, 15) is 0 Å². The Kier molecular flexibility index (Phi) is 15.2. The van der Waals surface area contributed by atoms with E-state index in [2.05, 4.69) is 329 Å². The summed E-state index contributed by atoms with van der Waals surface area (Å²) < 4.78 is 14.7. The maximum atomic E-state index is 7.52. The zero-order valence-corrected chi connectivity index (χ0v) is 48.7. The lowest BCUT2D eigenvalue weighted by Crippen LogP contribution is -2.32. The SMILES string of the molecule is CC1(C)c2cccc(P(c3ccccc3)c3ccccc3)c2Oc2c(P(c3ccccc3)c3ccc(-c4ccc(P(c5ccccc5)c5ccccc5Oc5ccccc5P(c5ccccc5)c5ccccc5)cc4)cc3)cccc21. The average molecular weight is 1120 g/mol. The van der Waals surface area contributed by atoms with Gasteiger partial charge in [0.15, 0.2) is 0 Å². The van der Waals surface area contributed by atoms with Gasteiger partial charge in [0.05, 0.1) is 0 Å². The summed E-state index contributed by atoms with van der Waals surface area (Å²) in [7, 11) is -3.84. The van der Waals surface area contributed by atoms with Gasteiger partial charge in [0.1, 0.15) is 23.0 Å². The lowest BCUT2D eigenvalue weighted by Gasteiger charge is -2.38. The molecular weight excluding hydrogens is 1060 g/mol. The molecule has 2 nitrogen and oxygen atoms in total. The highest BCUT2D eigenvalue weighted by Gasteiger charge is 2.39. The molecule has 6 heteroatoms. The largest absolute Gasteiger partial charge is 0.456 e. The van der Waals surface area contributed by atoms with E-state index in [0.717, 1.165) is 23.0 Å². The molecule has 2 atom stereocenters. The molecule has 1 heterocycles. The van der Waals surface area contributed by atoms with Crippen molar-refractivity contribution in [1.82, 2.24) is 0 Å². The van der Waals surface area contributed by atoms with Crippen molar-refractivity contribution in [2.75, 3.05) is 0 Å². The van der Waals surface area contributed by atoms with E-state index in [-0.39, 0.29) is 5.41 Å². The van der Waals surface area contributed by atoms with Gasteiger partial charge in [-0.1, -0.05) is 317 Å². The minimum absolute atomic E-state index is 0.312. The Balaban J connectivity index is 0.838. The number of benzene rings is 12. The normalized spacial score (nSPS) is 13.1. The molecule has 0 aromatic heterocycles. The van der Waals surface area contributed by atoms with Crippen LogP contribution in [0, 0.1) is 0 Å². The Morgan fingerprint density at radius 1 is 0.247 bits per heavy atom. The minimum atomic E-state index is -1.03. The first-order chi connectivity index (χ1) is 40.0. The van der Waals surface area contributed by atoms with Crippen molar-refractivity contribution in [2.45, 2.75) is 19.3 Å². The fourth-order valence-corrected chi connectivity index (χ4v) is 20.7. The average Bonchev–Trinajstić information content (AvgIpc) is 3.72. The van der Waals surface area contributed by atoms with Crippen molar-refractivity contribution in [3.63, 3.8) is 0 Å². The first kappa shape index (κ1) is 52.3. The first-order valence-electron chi connectivity index (χ1n) is 27.5. The number of ether oxygens (including phenoxy) is 2. The highest BCUT2D eigenvalue weighted by molar-refractivity contribution is 7.81. The highest BCUT2D eigenvalue weighted by atomic mass is 31.1. The predicted molar refractivity (Wildman–Crippen MR) is 352 cm³/mol. The third-order valence-electron chi connectivity index (χ3n) is 15.1. The van der Waals surface area contributed by atoms with E-state index >= 15 is 0 Å². The molecule has 0 saturated heterocycles. The van der Waals surface area contributed by atoms with E-state index < -0.39 is 31.7 Å². The lowest BCUT2D eigenvalue weighted by molar-refractivity contribution is 0.425. The van der Waals surface area contributed by atoms with Crippen molar-refractivity contribution in [3.05, 3.63) is 327 Å². The topological polar surface area (TPSA) is 18.5 Å². The summed E-state index contributed by atoms with van der Waals surface area (Å²) in [4.78, 5) is 0. The Morgan fingerprint density at radius 2 is 0.494 bits per heavy atom. The zero-order valence-electron chi connectivity index (χ0n) is 45.1. The van der Waals surface area contributed by atoms with Crippen LogP contribution in [0.2, 0.25) is 0 Å². The third-order valence-corrected chi connectivity index (χ3v) is 25.0. The van der Waals surface area contributed by atoms with Crippen LogP contribution in [0.3, 0.4) is 0 Å². The van der Waals surface area contributed by atoms with Crippen LogP contribution in [0.25, 0.3) is 11.1 Å². The van der Waals surface area contributed by atoms with Gasteiger partial charge in [0, 0.05) is 37.8 Å². The molecule has 0 spiro atoms. The predicted octanol–water partition coefficient (Wildman–Crippen LogP) is 14.6. The van der Waals surface area contributed by atoms with Crippen LogP contribution < -0.4 is 73.1 Å². The second kappa shape index (κ2) is 23.6. The zero-order chi connectivity index (χ0) is 54.5. The number of rotatable bonds is 15. The molecule has 1 aliphatic heterocycles. The summed E-state index contributed by atoms with van der Waals surface area (Å²) in [6.07, 6.45) is 0. The van der Waals surface area contributed by atoms with Crippen molar-refractivity contribution in [3.8, 4) is 34.1 Å². The quantitative estimate of drug-likeness (QED) is 0.0953. The van der Waals surface area contributed by atoms with Gasteiger partial charge >= 0.3 is 0 Å². The molecule has 0 bridgehead atoms. The Hall–Kier alpha value is -8.04. The summed E-state index contributed by atoms with van der Waals surface area (Å²) >= 11 is 0. The van der Waals surface area contributed by atoms with Crippen molar-refractivity contribution >= 4 is 95.3 Å². The van der Waals surface area contributed by atoms with Crippen molar-refractivity contribution in [2.24, 2.45) is 0 Å². The number of hydrogen-bond acceptors (Lipinski definition) is 2. The number of fused-ring (bicyclic) bond motifs is 2. The van der Waals surface area contributed by atoms with E-state index in [1.54, 1.807) is 0 Å². The Labute approximate surface area is 481 Å². The molecule has 12 aromatic rings. The maximum absolute atomic E-state index is 7.52. The minimum Gasteiger partial charge on any atom is -0.456 e. The molecule has 0 fully saturated rings. The van der Waals surface area contributed by atoms with Crippen LogP contribution >= 0.6 is 31.7 Å². The van der Waals surface area contributed by atoms with Crippen LogP contribution in [-0.2, 0) is 5.41 Å². The standard InChI is InChI=1S/C75H58O2P4/c1-75(2)65-39-25-45-71(80(60-33-15-6-16-34-60)61-35-17-7-18-36-61)73(65)77-74-66(75)40-26-46-72(74)81(62-37-19-8-20-38-62)64-53-49-56(50-54-64)55-47-51-63(52-48-55)79(59-31-13-5-14-32-59)70-44-24-22-42-68(70)76-67-41-21-23-43-69(67)78(57-27-9-3-10-28-57)58-29-11-4-12-30-58/h3-54H,1-2H3. The number of hydrogen-bond donors (Lipinski definition) is 0. The molecule has 0 aliphatic carbocycles. The fraction of sp³-hybridized carbons (Fsp3) is 0.0400. The van der Waals surface area contributed by atoms with Crippen LogP contribution in [0.15, 0.2) is 315 Å². The van der Waals surface area contributed by atoms with Crippen LogP contribution in [0.4, 0.5) is 0 Å². The third kappa shape index (κ3) is 10.6. The van der Waals surface area contributed by atoms with Gasteiger partial charge in [-0.25, -0.2) is 0 Å². The summed E-state index contributed by atoms with van der Waals surface area (Å²) in [5.41, 5.74) is 4.46. The molecule has 0 radical (unpaired) electrons. The van der Waals surface area contributed by atoms with E-state index in [4.69, 9.17) is 9.47 Å². The summed E-state index contributed by atoms with van der Waals surface area (Å²) in [5, 5.41) is 15.1. The van der Waals surface area contributed by atoms with Crippen LogP contribution in [0.1, 0.15) is 25.0 Å². The molecular formula is C75H58O2P4. The monoisotopic (exact) mass is 1110 g/mol. The van der Waals surface area contributed by atoms with Gasteiger partial charge in [0.25, 0.3) is 0 Å². The molecule has 81 heavy (non-hydrogen) atoms. The molecule has 2 unspecified atom stereocenters. The molecule has 12 aromatic carbocycles. The second-order valence-corrected chi connectivity index (χ2v) is 29.3. The highest BCUT2D eigenvalue weighted by Crippen LogP contribution is 2.52. The molecule has 390 valence electrons. The second-order valence-electron chi connectivity index (χ2n) is 20.5. The fourth-order valence-electron chi connectivity index (χ4n) is 11.2. The van der Waals surface area contributed by atoms with Gasteiger partial charge in [-0.2, -0.15) is 0 Å². The van der Waals surface area contributed by atoms with Gasteiger partial charge < -0.3 is 9.47 Å². The molecule has 1 aliphatic rings. The van der Waals surface area contributed by atoms with Gasteiger partial charge in [-0.05, 0) is 97.4 Å². The first-order valence-corrected chi connectivity index (χ1v) is 32.9. The van der Waals surface area contributed by atoms with E-state index in [1.165, 1.54) is 85.9 Å². The smallest absolute Gasteiger partial charge is 0.139 e. The van der Waals surface area contributed by atoms with Crippen molar-refractivity contribution < 1.29 is 9.47 Å². The van der Waals surface area contributed by atoms with E-state index in [0.29, 0.717) is 0 Å². The molecule has 13 rings (SSSR count). The summed E-state index contributed by atoms with van der Waals surface area (Å²) in [5.74, 6) is 3.70. The van der Waals surface area contributed by atoms with E-state index in [1.807, 2.05) is 0 Å². The van der Waals surface area contributed by atoms with Crippen LogP contribution in [-0.4, -0.2) is 0 Å². The Morgan fingerprint density at radius 3 is 0.802 bits per heavy atom. The van der Waals surface area contributed by atoms with Crippen molar-refractivity contribution in [1.29, 1.82) is 0 Å². The Bertz CT molecular complexity index is 3990. The van der Waals surface area contributed by atoms with Gasteiger partial charge in [-0.3, -0.25) is 0 Å². The lowest BCUT2D eigenvalue weighted by atomic mass is 9.76. The number of para-hydroxylation sites is 4. The van der Waals surface area contributed by atoms with Crippen LogP contribution in [0.5, 0.6) is 23.0 Å². The molecule has 0 saturated carbocycles.